The number of nitrogens with zero attached hydrogens (tertiary/aromatic N) is 3. The van der Waals surface area contributed by atoms with Gasteiger partial charge in [0.15, 0.2) is 0 Å². The van der Waals surface area contributed by atoms with Gasteiger partial charge in [-0.15, -0.1) is 11.3 Å². The van der Waals surface area contributed by atoms with Crippen LogP contribution in [-0.4, -0.2) is 67.1 Å². The van der Waals surface area contributed by atoms with Crippen LogP contribution in [0.2, 0.25) is 0 Å². The molecule has 1 aliphatic carbocycles. The topological polar surface area (TPSA) is 60.9 Å². The van der Waals surface area contributed by atoms with Crippen LogP contribution >= 0.6 is 27.3 Å². The molecule has 2 heterocycles. The summed E-state index contributed by atoms with van der Waals surface area (Å²) in [5.74, 6) is -0.0200. The second-order valence-corrected chi connectivity index (χ2v) is 11.1. The molecule has 1 aliphatic heterocycles. The average Bonchev–Trinajstić information content (AvgIpc) is 3.07. The summed E-state index contributed by atoms with van der Waals surface area (Å²) >= 11 is 4.77. The lowest BCUT2D eigenvalue weighted by Crippen LogP contribution is -2.55. The van der Waals surface area contributed by atoms with Crippen molar-refractivity contribution in [1.82, 2.24) is 13.5 Å². The molecule has 0 N–H and O–H groups in total. The van der Waals surface area contributed by atoms with Gasteiger partial charge in [-0.2, -0.15) is 17.0 Å². The molecule has 1 saturated heterocycles. The third-order valence-corrected chi connectivity index (χ3v) is 8.74. The fourth-order valence-corrected chi connectivity index (χ4v) is 6.45. The molecule has 25 heavy (non-hydrogen) atoms. The summed E-state index contributed by atoms with van der Waals surface area (Å²) in [4.78, 5) is 14.9. The Morgan fingerprint density at radius 3 is 2.36 bits per heavy atom. The summed E-state index contributed by atoms with van der Waals surface area (Å²) in [6.45, 7) is 1.59. The molecule has 0 unspecified atom stereocenters. The molecule has 6 nitrogen and oxygen atoms in total. The zero-order valence-corrected chi connectivity index (χ0v) is 17.6. The Hall–Kier alpha value is -0.480. The Morgan fingerprint density at radius 1 is 1.16 bits per heavy atom. The predicted octanol–water partition coefficient (Wildman–Crippen LogP) is 2.78. The van der Waals surface area contributed by atoms with Gasteiger partial charge in [-0.25, -0.2) is 0 Å². The molecule has 1 aromatic rings. The first-order valence-corrected chi connectivity index (χ1v) is 11.7. The Labute approximate surface area is 162 Å². The summed E-state index contributed by atoms with van der Waals surface area (Å²) in [5, 5.41) is 0. The van der Waals surface area contributed by atoms with Crippen LogP contribution in [0.15, 0.2) is 15.9 Å². The van der Waals surface area contributed by atoms with Crippen molar-refractivity contribution < 1.29 is 13.2 Å². The summed E-state index contributed by atoms with van der Waals surface area (Å²) < 4.78 is 29.8. The van der Waals surface area contributed by atoms with Gasteiger partial charge in [-0.1, -0.05) is 19.3 Å². The van der Waals surface area contributed by atoms with Crippen molar-refractivity contribution in [3.05, 3.63) is 20.8 Å². The van der Waals surface area contributed by atoms with Crippen LogP contribution in [0.25, 0.3) is 0 Å². The van der Waals surface area contributed by atoms with Gasteiger partial charge in [0.25, 0.3) is 16.1 Å². The average molecular weight is 450 g/mol. The van der Waals surface area contributed by atoms with Crippen molar-refractivity contribution >= 4 is 43.4 Å². The van der Waals surface area contributed by atoms with E-state index in [9.17, 15) is 13.2 Å². The van der Waals surface area contributed by atoms with Crippen LogP contribution in [0.1, 0.15) is 41.8 Å². The third-order valence-electron chi connectivity index (χ3n) is 5.09. The lowest BCUT2D eigenvalue weighted by Gasteiger charge is -2.38. The number of amides is 1. The van der Waals surface area contributed by atoms with Gasteiger partial charge >= 0.3 is 0 Å². The van der Waals surface area contributed by atoms with Crippen molar-refractivity contribution in [2.45, 2.75) is 38.1 Å². The maximum atomic E-state index is 12.9. The monoisotopic (exact) mass is 449 g/mol. The maximum absolute atomic E-state index is 12.9. The minimum Gasteiger partial charge on any atom is -0.335 e. The number of hydrogen-bond donors (Lipinski definition) is 0. The van der Waals surface area contributed by atoms with E-state index in [1.165, 1.54) is 22.1 Å². The molecule has 0 bridgehead atoms. The fraction of sp³-hybridized carbons (Fsp3) is 0.688. The number of carbonyl (C=O) groups excluding carboxylic acids is 1. The van der Waals surface area contributed by atoms with Crippen LogP contribution in [0.3, 0.4) is 0 Å². The molecule has 9 heteroatoms. The summed E-state index contributed by atoms with van der Waals surface area (Å²) in [7, 11) is -1.75. The standard InChI is InChI=1S/C16H24BrN3O3S2/c1-18(13-5-3-2-4-6-13)25(22,23)20-11-9-19(10-12-20)16(21)14-7-8-15(17)24-14/h7-8,13H,2-6,9-12H2,1H3. The van der Waals surface area contributed by atoms with Crippen molar-refractivity contribution in [2.75, 3.05) is 33.2 Å². The van der Waals surface area contributed by atoms with Gasteiger partial charge in [-0.05, 0) is 40.9 Å². The zero-order valence-electron chi connectivity index (χ0n) is 14.4. The lowest BCUT2D eigenvalue weighted by molar-refractivity contribution is 0.0697. The predicted molar refractivity (Wildman–Crippen MR) is 103 cm³/mol. The Bertz CT molecular complexity index is 708. The van der Waals surface area contributed by atoms with E-state index in [-0.39, 0.29) is 11.9 Å². The molecule has 0 atom stereocenters. The Balaban J connectivity index is 1.60. The van der Waals surface area contributed by atoms with Crippen molar-refractivity contribution in [1.29, 1.82) is 0 Å². The maximum Gasteiger partial charge on any atom is 0.282 e. The Morgan fingerprint density at radius 2 is 1.80 bits per heavy atom. The van der Waals surface area contributed by atoms with Crippen LogP contribution in [-0.2, 0) is 10.2 Å². The summed E-state index contributed by atoms with van der Waals surface area (Å²) in [6.07, 6.45) is 5.29. The fourth-order valence-electron chi connectivity index (χ4n) is 3.52. The SMILES string of the molecule is CN(C1CCCCC1)S(=O)(=O)N1CCN(C(=O)c2ccc(Br)s2)CC1. The van der Waals surface area contributed by atoms with E-state index in [0.29, 0.717) is 31.1 Å². The highest BCUT2D eigenvalue weighted by atomic mass is 79.9. The molecule has 140 valence electrons. The van der Waals surface area contributed by atoms with E-state index >= 15 is 0 Å². The third kappa shape index (κ3) is 4.27. The van der Waals surface area contributed by atoms with Gasteiger partial charge in [0.1, 0.15) is 0 Å². The second-order valence-electron chi connectivity index (χ2n) is 6.61. The van der Waals surface area contributed by atoms with Crippen LogP contribution in [0.4, 0.5) is 0 Å². The quantitative estimate of drug-likeness (QED) is 0.709. The first-order chi connectivity index (χ1) is 11.9. The van der Waals surface area contributed by atoms with E-state index in [4.69, 9.17) is 0 Å². The number of hydrogen-bond acceptors (Lipinski definition) is 4. The smallest absolute Gasteiger partial charge is 0.282 e. The first kappa shape index (κ1) is 19.3. The molecular formula is C16H24BrN3O3S2. The van der Waals surface area contributed by atoms with Crippen molar-refractivity contribution in [3.63, 3.8) is 0 Å². The van der Waals surface area contributed by atoms with Gasteiger partial charge < -0.3 is 4.90 Å². The summed E-state index contributed by atoms with van der Waals surface area (Å²) in [5.41, 5.74) is 0. The number of carbonyl (C=O) groups is 1. The largest absolute Gasteiger partial charge is 0.335 e. The highest BCUT2D eigenvalue weighted by molar-refractivity contribution is 9.11. The first-order valence-electron chi connectivity index (χ1n) is 8.67. The van der Waals surface area contributed by atoms with E-state index in [0.717, 1.165) is 29.5 Å². The van der Waals surface area contributed by atoms with Crippen LogP contribution in [0.5, 0.6) is 0 Å². The highest BCUT2D eigenvalue weighted by Crippen LogP contribution is 2.26. The number of halogens is 1. The molecule has 2 aliphatic rings. The van der Waals surface area contributed by atoms with Gasteiger partial charge in [0, 0.05) is 39.3 Å². The summed E-state index contributed by atoms with van der Waals surface area (Å²) in [6, 6.07) is 3.77. The number of rotatable bonds is 4. The second kappa shape index (κ2) is 8.04. The molecule has 1 aromatic heterocycles. The Kier molecular flexibility index (Phi) is 6.20. The van der Waals surface area contributed by atoms with Crippen molar-refractivity contribution in [3.8, 4) is 0 Å². The van der Waals surface area contributed by atoms with E-state index in [1.54, 1.807) is 22.3 Å². The molecule has 3 rings (SSSR count). The minimum atomic E-state index is -3.45. The molecule has 1 amide bonds. The highest BCUT2D eigenvalue weighted by Gasteiger charge is 2.35. The van der Waals surface area contributed by atoms with Gasteiger partial charge in [-0.3, -0.25) is 4.79 Å². The van der Waals surface area contributed by atoms with E-state index in [2.05, 4.69) is 15.9 Å². The zero-order chi connectivity index (χ0) is 18.0. The van der Waals surface area contributed by atoms with Gasteiger partial charge in [0.2, 0.25) is 0 Å². The van der Waals surface area contributed by atoms with E-state index in [1.807, 2.05) is 6.07 Å². The minimum absolute atomic E-state index is 0.0200. The molecule has 2 fully saturated rings. The van der Waals surface area contributed by atoms with Crippen LogP contribution < -0.4 is 0 Å². The molecular weight excluding hydrogens is 426 g/mol. The molecule has 0 spiro atoms. The van der Waals surface area contributed by atoms with Crippen molar-refractivity contribution in [2.24, 2.45) is 0 Å². The van der Waals surface area contributed by atoms with Crippen LogP contribution in [0, 0.1) is 0 Å². The number of thiophene rings is 1. The van der Waals surface area contributed by atoms with Gasteiger partial charge in [0.05, 0.1) is 8.66 Å². The normalized spacial score (nSPS) is 21.0. The van der Waals surface area contributed by atoms with E-state index < -0.39 is 10.2 Å². The molecule has 1 saturated carbocycles. The molecule has 0 radical (unpaired) electrons. The number of piperazine rings is 1. The molecule has 0 aromatic carbocycles. The lowest BCUT2D eigenvalue weighted by atomic mass is 9.96.